The van der Waals surface area contributed by atoms with Crippen molar-refractivity contribution in [2.75, 3.05) is 6.61 Å². The van der Waals surface area contributed by atoms with Crippen LogP contribution in [0, 0.1) is 21.4 Å². The van der Waals surface area contributed by atoms with Crippen LogP contribution in [0.4, 0.5) is 5.88 Å². The second-order valence-electron chi connectivity index (χ2n) is 7.43. The van der Waals surface area contributed by atoms with Gasteiger partial charge in [0.15, 0.2) is 6.61 Å². The molecule has 1 fully saturated rings. The predicted molar refractivity (Wildman–Crippen MR) is 93.6 cm³/mol. The number of ether oxygens (including phenoxy) is 1. The molecule has 0 radical (unpaired) electrons. The number of rotatable bonds is 7. The molecule has 26 heavy (non-hydrogen) atoms. The molecule has 144 valence electrons. The molecule has 1 aromatic rings. The van der Waals surface area contributed by atoms with Gasteiger partial charge in [0.1, 0.15) is 4.92 Å². The normalized spacial score (nSPS) is 20.4. The van der Waals surface area contributed by atoms with Crippen molar-refractivity contribution in [3.8, 4) is 0 Å². The average molecular weight is 366 g/mol. The van der Waals surface area contributed by atoms with E-state index in [9.17, 15) is 19.7 Å². The number of furan rings is 1. The summed E-state index contributed by atoms with van der Waals surface area (Å²) in [7, 11) is 0. The summed E-state index contributed by atoms with van der Waals surface area (Å²) in [6.45, 7) is 6.34. The Hall–Kier alpha value is -2.38. The van der Waals surface area contributed by atoms with Gasteiger partial charge in [0.2, 0.25) is 5.76 Å². The molecule has 1 aromatic heterocycles. The van der Waals surface area contributed by atoms with E-state index >= 15 is 0 Å². The highest BCUT2D eigenvalue weighted by atomic mass is 16.7. The maximum Gasteiger partial charge on any atom is 0.433 e. The number of nitrogens with one attached hydrogen (secondary N) is 1. The summed E-state index contributed by atoms with van der Waals surface area (Å²) >= 11 is 0. The summed E-state index contributed by atoms with van der Waals surface area (Å²) in [5.41, 5.74) is 0.316. The van der Waals surface area contributed by atoms with E-state index in [-0.39, 0.29) is 17.7 Å². The van der Waals surface area contributed by atoms with E-state index in [0.29, 0.717) is 11.3 Å². The zero-order valence-electron chi connectivity index (χ0n) is 15.4. The molecule has 2 rings (SSSR count). The highest BCUT2D eigenvalue weighted by molar-refractivity contribution is 5.89. The fraction of sp³-hybridized carbons (Fsp3) is 0.667. The lowest BCUT2D eigenvalue weighted by molar-refractivity contribution is -0.402. The van der Waals surface area contributed by atoms with Crippen molar-refractivity contribution < 1.29 is 23.7 Å². The Bertz CT molecular complexity index is 658. The minimum atomic E-state index is -0.901. The van der Waals surface area contributed by atoms with Crippen LogP contribution in [-0.2, 0) is 9.53 Å². The Morgan fingerprint density at radius 3 is 2.50 bits per heavy atom. The van der Waals surface area contributed by atoms with Crippen LogP contribution in [0.1, 0.15) is 63.4 Å². The molecular formula is C18H26N2O6. The van der Waals surface area contributed by atoms with Crippen LogP contribution in [0.25, 0.3) is 0 Å². The van der Waals surface area contributed by atoms with Crippen LogP contribution in [-0.4, -0.2) is 29.4 Å². The van der Waals surface area contributed by atoms with E-state index in [2.05, 4.69) is 26.1 Å². The Morgan fingerprint density at radius 1 is 1.31 bits per heavy atom. The van der Waals surface area contributed by atoms with E-state index in [1.54, 1.807) is 0 Å². The first-order valence-electron chi connectivity index (χ1n) is 8.93. The summed E-state index contributed by atoms with van der Waals surface area (Å²) in [6, 6.07) is 2.30. The third kappa shape index (κ3) is 5.06. The van der Waals surface area contributed by atoms with Crippen molar-refractivity contribution in [2.24, 2.45) is 11.3 Å². The van der Waals surface area contributed by atoms with Gasteiger partial charge in [-0.1, -0.05) is 27.2 Å². The summed E-state index contributed by atoms with van der Waals surface area (Å²) in [5.74, 6) is -1.47. The zero-order chi connectivity index (χ0) is 19.3. The van der Waals surface area contributed by atoms with Crippen molar-refractivity contribution >= 4 is 17.8 Å². The Kier molecular flexibility index (Phi) is 6.39. The van der Waals surface area contributed by atoms with Crippen LogP contribution < -0.4 is 5.32 Å². The molecule has 0 saturated heterocycles. The molecule has 1 heterocycles. The molecule has 0 aromatic carbocycles. The topological polar surface area (TPSA) is 112 Å². The lowest BCUT2D eigenvalue weighted by Crippen LogP contribution is -2.41. The maximum atomic E-state index is 12.0. The summed E-state index contributed by atoms with van der Waals surface area (Å²) in [4.78, 5) is 33.5. The Balaban J connectivity index is 1.74. The molecular weight excluding hydrogens is 340 g/mol. The first-order valence-corrected chi connectivity index (χ1v) is 8.93. The van der Waals surface area contributed by atoms with Gasteiger partial charge in [-0.2, -0.15) is 0 Å². The van der Waals surface area contributed by atoms with Gasteiger partial charge in [0.05, 0.1) is 6.07 Å². The molecule has 0 aliphatic heterocycles. The zero-order valence-corrected chi connectivity index (χ0v) is 15.4. The smallest absolute Gasteiger partial charge is 0.433 e. The molecule has 1 N–H and O–H groups in total. The number of carbonyl (C=O) groups is 2. The van der Waals surface area contributed by atoms with Gasteiger partial charge >= 0.3 is 11.9 Å². The van der Waals surface area contributed by atoms with Crippen LogP contribution >= 0.6 is 0 Å². The summed E-state index contributed by atoms with van der Waals surface area (Å²) < 4.78 is 9.59. The highest BCUT2D eigenvalue weighted by Crippen LogP contribution is 2.40. The van der Waals surface area contributed by atoms with E-state index in [0.717, 1.165) is 44.2 Å². The van der Waals surface area contributed by atoms with E-state index in [4.69, 9.17) is 9.15 Å². The van der Waals surface area contributed by atoms with Crippen molar-refractivity contribution in [2.45, 2.75) is 58.9 Å². The number of nitro groups is 1. The molecule has 8 nitrogen and oxygen atoms in total. The molecule has 0 spiro atoms. The van der Waals surface area contributed by atoms with E-state index < -0.39 is 23.4 Å². The number of hydrogen-bond acceptors (Lipinski definition) is 6. The third-order valence-electron chi connectivity index (χ3n) is 5.42. The number of carbonyl (C=O) groups excluding carboxylic acids is 2. The lowest BCUT2D eigenvalue weighted by atomic mass is 9.69. The third-order valence-corrected chi connectivity index (χ3v) is 5.42. The lowest BCUT2D eigenvalue weighted by Gasteiger charge is -2.39. The average Bonchev–Trinajstić information content (AvgIpc) is 3.10. The molecule has 1 saturated carbocycles. The van der Waals surface area contributed by atoms with Crippen LogP contribution in [0.5, 0.6) is 0 Å². The van der Waals surface area contributed by atoms with Gasteiger partial charge in [-0.3, -0.25) is 14.9 Å². The summed E-state index contributed by atoms with van der Waals surface area (Å²) in [5, 5.41) is 13.4. The minimum absolute atomic E-state index is 0.0924. The monoisotopic (exact) mass is 366 g/mol. The molecule has 1 aliphatic rings. The van der Waals surface area contributed by atoms with Crippen molar-refractivity contribution in [3.63, 3.8) is 0 Å². The number of amides is 1. The van der Waals surface area contributed by atoms with Crippen LogP contribution in [0.2, 0.25) is 0 Å². The second-order valence-corrected chi connectivity index (χ2v) is 7.43. The predicted octanol–water partition coefficient (Wildman–Crippen LogP) is 3.46. The largest absolute Gasteiger partial charge is 0.450 e. The fourth-order valence-electron chi connectivity index (χ4n) is 3.31. The van der Waals surface area contributed by atoms with Gasteiger partial charge in [-0.05, 0) is 43.1 Å². The first kappa shape index (κ1) is 19.9. The molecule has 0 unspecified atom stereocenters. The van der Waals surface area contributed by atoms with Gasteiger partial charge in [-0.25, -0.2) is 4.79 Å². The first-order chi connectivity index (χ1) is 12.2. The molecule has 1 aliphatic carbocycles. The van der Waals surface area contributed by atoms with Gasteiger partial charge in [0, 0.05) is 6.04 Å². The summed E-state index contributed by atoms with van der Waals surface area (Å²) in [6.07, 6.45) is 5.11. The number of hydrogen-bond donors (Lipinski definition) is 1. The molecule has 0 atom stereocenters. The highest BCUT2D eigenvalue weighted by Gasteiger charge is 2.32. The number of nitrogens with zero attached hydrogens (tertiary/aromatic N) is 1. The molecule has 1 amide bonds. The molecule has 8 heteroatoms. The molecule has 0 bridgehead atoms. The van der Waals surface area contributed by atoms with Crippen molar-refractivity contribution in [3.05, 3.63) is 28.0 Å². The Labute approximate surface area is 152 Å². The van der Waals surface area contributed by atoms with Gasteiger partial charge in [0.25, 0.3) is 5.91 Å². The van der Waals surface area contributed by atoms with Gasteiger partial charge in [-0.15, -0.1) is 0 Å². The van der Waals surface area contributed by atoms with Crippen molar-refractivity contribution in [1.29, 1.82) is 0 Å². The Morgan fingerprint density at radius 2 is 1.96 bits per heavy atom. The van der Waals surface area contributed by atoms with Crippen LogP contribution in [0.3, 0.4) is 0 Å². The minimum Gasteiger partial charge on any atom is -0.450 e. The van der Waals surface area contributed by atoms with Crippen molar-refractivity contribution in [1.82, 2.24) is 5.32 Å². The maximum absolute atomic E-state index is 12.0. The standard InChI is InChI=1S/C18H26N2O6/c1-4-18(2,3)12-5-7-13(8-6-12)19-15(21)11-25-17(22)14-9-10-16(26-14)20(23)24/h9-10,12-13H,4-8,11H2,1-3H3,(H,19,21). The SMILES string of the molecule is CCC(C)(C)C1CCC(NC(=O)COC(=O)c2ccc([N+](=O)[O-])o2)CC1. The second kappa shape index (κ2) is 8.33. The van der Waals surface area contributed by atoms with Crippen LogP contribution in [0.15, 0.2) is 16.5 Å². The fourth-order valence-corrected chi connectivity index (χ4v) is 3.31. The number of esters is 1. The van der Waals surface area contributed by atoms with E-state index in [1.165, 1.54) is 0 Å². The van der Waals surface area contributed by atoms with E-state index in [1.807, 2.05) is 0 Å². The quantitative estimate of drug-likeness (QED) is 0.449. The van der Waals surface area contributed by atoms with Gasteiger partial charge < -0.3 is 14.5 Å².